The van der Waals surface area contributed by atoms with E-state index in [9.17, 15) is 9.18 Å². The van der Waals surface area contributed by atoms with E-state index in [4.69, 9.17) is 4.74 Å². The van der Waals surface area contributed by atoms with Gasteiger partial charge in [0.25, 0.3) is 0 Å². The van der Waals surface area contributed by atoms with Crippen LogP contribution in [0.1, 0.15) is 50.3 Å². The van der Waals surface area contributed by atoms with E-state index < -0.39 is 0 Å². The Bertz CT molecular complexity index is 388. The third-order valence-corrected chi connectivity index (χ3v) is 2.67. The molecule has 0 fully saturated rings. The lowest BCUT2D eigenvalue weighted by Crippen LogP contribution is -2.10. The highest BCUT2D eigenvalue weighted by atomic mass is 19.1. The Balaban J connectivity index is 2.88. The first kappa shape index (κ1) is 13.7. The maximum atomic E-state index is 13.2. The normalized spacial score (nSPS) is 12.2. The number of halogens is 1. The number of benzene rings is 1. The third kappa shape index (κ3) is 3.84. The van der Waals surface area contributed by atoms with Crippen molar-refractivity contribution in [3.8, 4) is 0 Å². The maximum absolute atomic E-state index is 13.2. The molecule has 1 rings (SSSR count). The van der Waals surface area contributed by atoms with Crippen LogP contribution in [-0.4, -0.2) is 5.97 Å². The summed E-state index contributed by atoms with van der Waals surface area (Å²) in [4.78, 5) is 11.3. The number of aryl methyl sites for hydroxylation is 1. The van der Waals surface area contributed by atoms with Gasteiger partial charge in [0.15, 0.2) is 0 Å². The fraction of sp³-hybridized carbons (Fsp3) is 0.500. The quantitative estimate of drug-likeness (QED) is 0.726. The molecule has 0 saturated carbocycles. The number of hydrogen-bond acceptors (Lipinski definition) is 2. The van der Waals surface area contributed by atoms with E-state index >= 15 is 0 Å². The van der Waals surface area contributed by atoms with Gasteiger partial charge in [0.05, 0.1) is 0 Å². The summed E-state index contributed by atoms with van der Waals surface area (Å²) in [6, 6.07) is 4.86. The van der Waals surface area contributed by atoms with Crippen molar-refractivity contribution in [3.63, 3.8) is 0 Å². The first-order valence-corrected chi connectivity index (χ1v) is 6.04. The summed E-state index contributed by atoms with van der Waals surface area (Å²) in [5.74, 6) is -0.448. The number of carbonyl (C=O) groups excluding carboxylic acids is 1. The first-order valence-electron chi connectivity index (χ1n) is 6.04. The fourth-order valence-electron chi connectivity index (χ4n) is 1.67. The highest BCUT2D eigenvalue weighted by Gasteiger charge is 2.15. The van der Waals surface area contributed by atoms with Crippen molar-refractivity contribution in [2.24, 2.45) is 0 Å². The Hall–Kier alpha value is -1.38. The molecule has 0 N–H and O–H groups in total. The van der Waals surface area contributed by atoms with Crippen molar-refractivity contribution in [2.75, 3.05) is 0 Å². The standard InChI is InChI=1S/C14H19FO2/c1-4-6-13(17-14(16)5-2)11-7-8-12(15)10(3)9-11/h7-9,13H,4-6H2,1-3H3. The molecule has 2 nitrogen and oxygen atoms in total. The minimum atomic E-state index is -0.258. The second-order valence-electron chi connectivity index (χ2n) is 4.13. The van der Waals surface area contributed by atoms with Crippen molar-refractivity contribution in [1.82, 2.24) is 0 Å². The Kier molecular flexibility index (Phi) is 5.13. The number of carbonyl (C=O) groups is 1. The molecule has 0 radical (unpaired) electrons. The molecule has 0 aliphatic heterocycles. The lowest BCUT2D eigenvalue weighted by atomic mass is 10.0. The molecule has 0 amide bonds. The molecule has 0 saturated heterocycles. The van der Waals surface area contributed by atoms with Gasteiger partial charge >= 0.3 is 5.97 Å². The van der Waals surface area contributed by atoms with Crippen LogP contribution < -0.4 is 0 Å². The average molecular weight is 238 g/mol. The second-order valence-corrected chi connectivity index (χ2v) is 4.13. The van der Waals surface area contributed by atoms with Crippen molar-refractivity contribution >= 4 is 5.97 Å². The van der Waals surface area contributed by atoms with Crippen LogP contribution >= 0.6 is 0 Å². The van der Waals surface area contributed by atoms with E-state index in [2.05, 4.69) is 0 Å². The largest absolute Gasteiger partial charge is 0.457 e. The van der Waals surface area contributed by atoms with Crippen LogP contribution in [0.3, 0.4) is 0 Å². The Morgan fingerprint density at radius 1 is 1.41 bits per heavy atom. The van der Waals surface area contributed by atoms with Crippen LogP contribution in [0.5, 0.6) is 0 Å². The lowest BCUT2D eigenvalue weighted by Gasteiger charge is -2.18. The minimum absolute atomic E-state index is 0.217. The van der Waals surface area contributed by atoms with Crippen molar-refractivity contribution in [3.05, 3.63) is 35.1 Å². The Morgan fingerprint density at radius 2 is 2.12 bits per heavy atom. The first-order chi connectivity index (χ1) is 8.08. The zero-order valence-corrected chi connectivity index (χ0v) is 10.6. The zero-order valence-electron chi connectivity index (χ0n) is 10.6. The van der Waals surface area contributed by atoms with E-state index in [1.165, 1.54) is 6.07 Å². The minimum Gasteiger partial charge on any atom is -0.457 e. The molecule has 0 spiro atoms. The third-order valence-electron chi connectivity index (χ3n) is 2.67. The molecule has 1 atom stereocenters. The van der Waals surface area contributed by atoms with Crippen LogP contribution in [0.4, 0.5) is 4.39 Å². The summed E-state index contributed by atoms with van der Waals surface area (Å²) in [7, 11) is 0. The van der Waals surface area contributed by atoms with Gasteiger partial charge in [-0.15, -0.1) is 0 Å². The molecule has 1 unspecified atom stereocenters. The molecule has 0 aliphatic carbocycles. The van der Waals surface area contributed by atoms with Gasteiger partial charge in [-0.1, -0.05) is 26.3 Å². The van der Waals surface area contributed by atoms with Crippen molar-refractivity contribution < 1.29 is 13.9 Å². The van der Waals surface area contributed by atoms with E-state index in [1.54, 1.807) is 26.0 Å². The summed E-state index contributed by atoms with van der Waals surface area (Å²) in [6.45, 7) is 5.51. The number of hydrogen-bond donors (Lipinski definition) is 0. The van der Waals surface area contributed by atoms with Gasteiger partial charge in [-0.2, -0.15) is 0 Å². The Labute approximate surface area is 102 Å². The van der Waals surface area contributed by atoms with Gasteiger partial charge in [0, 0.05) is 6.42 Å². The monoisotopic (exact) mass is 238 g/mol. The molecule has 0 heterocycles. The summed E-state index contributed by atoms with van der Waals surface area (Å²) >= 11 is 0. The second kappa shape index (κ2) is 6.38. The van der Waals surface area contributed by atoms with Crippen LogP contribution in [0, 0.1) is 12.7 Å². The molecule has 3 heteroatoms. The number of esters is 1. The fourth-order valence-corrected chi connectivity index (χ4v) is 1.67. The van der Waals surface area contributed by atoms with Crippen molar-refractivity contribution in [2.45, 2.75) is 46.1 Å². The smallest absolute Gasteiger partial charge is 0.306 e. The van der Waals surface area contributed by atoms with E-state index in [1.807, 2.05) is 6.92 Å². The van der Waals surface area contributed by atoms with Gasteiger partial charge in [0.1, 0.15) is 11.9 Å². The lowest BCUT2D eigenvalue weighted by molar-refractivity contribution is -0.149. The molecule has 17 heavy (non-hydrogen) atoms. The van der Waals surface area contributed by atoms with E-state index in [-0.39, 0.29) is 17.9 Å². The maximum Gasteiger partial charge on any atom is 0.306 e. The van der Waals surface area contributed by atoms with E-state index in [0.29, 0.717) is 12.0 Å². The predicted molar refractivity (Wildman–Crippen MR) is 65.2 cm³/mol. The highest BCUT2D eigenvalue weighted by Crippen LogP contribution is 2.25. The highest BCUT2D eigenvalue weighted by molar-refractivity contribution is 5.69. The Morgan fingerprint density at radius 3 is 2.65 bits per heavy atom. The molecule has 1 aromatic carbocycles. The van der Waals surface area contributed by atoms with Gasteiger partial charge in [-0.25, -0.2) is 4.39 Å². The SMILES string of the molecule is CCCC(OC(=O)CC)c1ccc(F)c(C)c1. The molecule has 0 aliphatic rings. The summed E-state index contributed by atoms with van der Waals surface area (Å²) < 4.78 is 18.5. The molecule has 0 bridgehead atoms. The van der Waals surface area contributed by atoms with Gasteiger partial charge < -0.3 is 4.74 Å². The van der Waals surface area contributed by atoms with E-state index in [0.717, 1.165) is 18.4 Å². The molecule has 94 valence electrons. The van der Waals surface area contributed by atoms with Crippen LogP contribution in [-0.2, 0) is 9.53 Å². The summed E-state index contributed by atoms with van der Waals surface area (Å²) in [5.41, 5.74) is 1.45. The summed E-state index contributed by atoms with van der Waals surface area (Å²) in [6.07, 6.45) is 1.78. The van der Waals surface area contributed by atoms with Crippen LogP contribution in [0.2, 0.25) is 0 Å². The van der Waals surface area contributed by atoms with Crippen molar-refractivity contribution in [1.29, 1.82) is 0 Å². The molecule has 1 aromatic rings. The predicted octanol–water partition coefficient (Wildman–Crippen LogP) is 3.93. The molecule has 0 aromatic heterocycles. The average Bonchev–Trinajstić information content (AvgIpc) is 2.32. The molecular weight excluding hydrogens is 219 g/mol. The number of ether oxygens (including phenoxy) is 1. The van der Waals surface area contributed by atoms with Gasteiger partial charge in [-0.05, 0) is 36.6 Å². The van der Waals surface area contributed by atoms with Crippen LogP contribution in [0.15, 0.2) is 18.2 Å². The van der Waals surface area contributed by atoms with Gasteiger partial charge in [-0.3, -0.25) is 4.79 Å². The zero-order chi connectivity index (χ0) is 12.8. The van der Waals surface area contributed by atoms with Crippen LogP contribution in [0.25, 0.3) is 0 Å². The molecular formula is C14H19FO2. The number of rotatable bonds is 5. The van der Waals surface area contributed by atoms with Gasteiger partial charge in [0.2, 0.25) is 0 Å². The topological polar surface area (TPSA) is 26.3 Å². The summed E-state index contributed by atoms with van der Waals surface area (Å²) in [5, 5.41) is 0.